The molecule has 2 rings (SSSR count). The maximum absolute atomic E-state index is 12.0. The molecule has 0 aliphatic heterocycles. The summed E-state index contributed by atoms with van der Waals surface area (Å²) in [6.45, 7) is 3.28. The molecule has 2 aromatic carbocycles. The highest BCUT2D eigenvalue weighted by molar-refractivity contribution is 7.89. The lowest BCUT2D eigenvalue weighted by Crippen LogP contribution is -2.34. The minimum Gasteiger partial charge on any atom is -0.494 e. The molecular weight excluding hydrogens is 366 g/mol. The first-order chi connectivity index (χ1) is 12.9. The van der Waals surface area contributed by atoms with Gasteiger partial charge in [-0.2, -0.15) is 0 Å². The minimum absolute atomic E-state index is 0.161. The van der Waals surface area contributed by atoms with Crippen molar-refractivity contribution in [1.29, 1.82) is 0 Å². The first kappa shape index (κ1) is 20.7. The van der Waals surface area contributed by atoms with E-state index in [1.165, 1.54) is 19.2 Å². The van der Waals surface area contributed by atoms with Crippen LogP contribution in [0.5, 0.6) is 5.75 Å². The van der Waals surface area contributed by atoms with Crippen LogP contribution in [0.2, 0.25) is 0 Å². The van der Waals surface area contributed by atoms with Crippen molar-refractivity contribution in [3.63, 3.8) is 0 Å². The Kier molecular flexibility index (Phi) is 7.63. The Labute approximate surface area is 160 Å². The summed E-state index contributed by atoms with van der Waals surface area (Å²) in [6.07, 6.45) is 0.932. The average molecular weight is 391 g/mol. The Bertz CT molecular complexity index is 869. The summed E-state index contributed by atoms with van der Waals surface area (Å²) >= 11 is 0. The number of ether oxygens (including phenoxy) is 1. The lowest BCUT2D eigenvalue weighted by atomic mass is 10.2. The third kappa shape index (κ3) is 6.58. The topological polar surface area (TPSA) is 96.5 Å². The van der Waals surface area contributed by atoms with Crippen molar-refractivity contribution in [3.8, 4) is 5.75 Å². The Morgan fingerprint density at radius 1 is 1.00 bits per heavy atom. The van der Waals surface area contributed by atoms with E-state index in [1.807, 2.05) is 31.2 Å². The number of hydrogen-bond donors (Lipinski definition) is 3. The van der Waals surface area contributed by atoms with E-state index in [2.05, 4.69) is 15.4 Å². The molecule has 27 heavy (non-hydrogen) atoms. The van der Waals surface area contributed by atoms with Crippen molar-refractivity contribution in [2.75, 3.05) is 13.7 Å². The van der Waals surface area contributed by atoms with E-state index in [0.29, 0.717) is 18.7 Å². The number of amides is 2. The molecule has 146 valence electrons. The van der Waals surface area contributed by atoms with Gasteiger partial charge in [0.1, 0.15) is 5.75 Å². The highest BCUT2D eigenvalue weighted by atomic mass is 32.2. The van der Waals surface area contributed by atoms with E-state index in [0.717, 1.165) is 17.7 Å². The summed E-state index contributed by atoms with van der Waals surface area (Å²) in [6, 6.07) is 13.7. The summed E-state index contributed by atoms with van der Waals surface area (Å²) in [5, 5.41) is 5.49. The summed E-state index contributed by atoms with van der Waals surface area (Å²) in [5.41, 5.74) is 1.62. The number of carbonyl (C=O) groups excluding carboxylic acids is 1. The van der Waals surface area contributed by atoms with Crippen molar-refractivity contribution >= 4 is 16.1 Å². The van der Waals surface area contributed by atoms with Gasteiger partial charge in [0.15, 0.2) is 0 Å². The van der Waals surface area contributed by atoms with Gasteiger partial charge in [0.25, 0.3) is 0 Å². The molecule has 0 fully saturated rings. The third-order valence-corrected chi connectivity index (χ3v) is 5.17. The van der Waals surface area contributed by atoms with E-state index in [1.54, 1.807) is 12.1 Å². The van der Waals surface area contributed by atoms with Crippen LogP contribution in [-0.4, -0.2) is 28.1 Å². The van der Waals surface area contributed by atoms with E-state index in [-0.39, 0.29) is 17.5 Å². The largest absolute Gasteiger partial charge is 0.494 e. The second-order valence-corrected chi connectivity index (χ2v) is 7.77. The number of nitrogens with one attached hydrogen (secondary N) is 3. The first-order valence-corrected chi connectivity index (χ1v) is 10.2. The van der Waals surface area contributed by atoms with Gasteiger partial charge in [-0.25, -0.2) is 17.9 Å². The molecule has 7 nitrogen and oxygen atoms in total. The summed E-state index contributed by atoms with van der Waals surface area (Å²) in [4.78, 5) is 12.2. The first-order valence-electron chi connectivity index (χ1n) is 8.70. The molecule has 0 aliphatic carbocycles. The van der Waals surface area contributed by atoms with Gasteiger partial charge in [-0.3, -0.25) is 0 Å². The Morgan fingerprint density at radius 2 is 1.63 bits per heavy atom. The molecule has 0 unspecified atom stereocenters. The second kappa shape index (κ2) is 9.94. The molecule has 2 aromatic rings. The number of benzene rings is 2. The van der Waals surface area contributed by atoms with Crippen LogP contribution in [0.3, 0.4) is 0 Å². The van der Waals surface area contributed by atoms with Crippen LogP contribution < -0.4 is 20.1 Å². The molecular formula is C19H25N3O4S. The quantitative estimate of drug-likeness (QED) is 0.611. The lowest BCUT2D eigenvalue weighted by Gasteiger charge is -2.10. The number of sulfonamides is 1. The molecule has 0 saturated heterocycles. The molecule has 0 heterocycles. The fourth-order valence-corrected chi connectivity index (χ4v) is 3.13. The lowest BCUT2D eigenvalue weighted by molar-refractivity contribution is 0.240. The molecule has 0 saturated carbocycles. The van der Waals surface area contributed by atoms with Crippen molar-refractivity contribution in [2.24, 2.45) is 0 Å². The molecule has 0 atom stereocenters. The number of hydrogen-bond acceptors (Lipinski definition) is 4. The van der Waals surface area contributed by atoms with E-state index < -0.39 is 10.0 Å². The van der Waals surface area contributed by atoms with Crippen LogP contribution in [-0.2, 0) is 23.1 Å². The van der Waals surface area contributed by atoms with Crippen molar-refractivity contribution in [3.05, 3.63) is 59.7 Å². The zero-order valence-corrected chi connectivity index (χ0v) is 16.3. The van der Waals surface area contributed by atoms with Gasteiger partial charge in [-0.1, -0.05) is 31.2 Å². The molecule has 0 aromatic heterocycles. The van der Waals surface area contributed by atoms with Crippen LogP contribution in [0.15, 0.2) is 53.4 Å². The molecule has 0 spiro atoms. The maximum Gasteiger partial charge on any atom is 0.315 e. The molecule has 2 amide bonds. The Balaban J connectivity index is 1.86. The molecule has 0 bridgehead atoms. The predicted molar refractivity (Wildman–Crippen MR) is 104 cm³/mol. The van der Waals surface area contributed by atoms with Crippen molar-refractivity contribution < 1.29 is 17.9 Å². The van der Waals surface area contributed by atoms with Crippen LogP contribution in [0.25, 0.3) is 0 Å². The number of carbonyl (C=O) groups is 1. The molecule has 0 radical (unpaired) electrons. The molecule has 3 N–H and O–H groups in total. The zero-order chi connectivity index (χ0) is 19.7. The van der Waals surface area contributed by atoms with Gasteiger partial charge in [0.2, 0.25) is 10.0 Å². The van der Waals surface area contributed by atoms with E-state index in [9.17, 15) is 13.2 Å². The van der Waals surface area contributed by atoms with Crippen LogP contribution in [0.1, 0.15) is 24.5 Å². The fraction of sp³-hybridized carbons (Fsp3) is 0.316. The van der Waals surface area contributed by atoms with Gasteiger partial charge in [0.05, 0.1) is 11.5 Å². The fourth-order valence-electron chi connectivity index (χ4n) is 2.33. The van der Waals surface area contributed by atoms with E-state index in [4.69, 9.17) is 4.74 Å². The normalized spacial score (nSPS) is 11.0. The summed E-state index contributed by atoms with van der Waals surface area (Å²) in [7, 11) is -2.15. The predicted octanol–water partition coefficient (Wildman–Crippen LogP) is 2.38. The highest BCUT2D eigenvalue weighted by Gasteiger charge is 2.11. The average Bonchev–Trinajstić information content (AvgIpc) is 2.69. The van der Waals surface area contributed by atoms with Crippen LogP contribution >= 0.6 is 0 Å². The zero-order valence-electron chi connectivity index (χ0n) is 15.5. The Morgan fingerprint density at radius 3 is 2.26 bits per heavy atom. The standard InChI is InChI=1S/C19H25N3O4S/c1-3-10-26-17-8-4-6-15(11-17)13-21-19(23)22-14-16-7-5-9-18(12-16)27(24,25)20-2/h4-9,11-12,20H,3,10,13-14H2,1-2H3,(H2,21,22,23). The maximum atomic E-state index is 12.0. The van der Waals surface area contributed by atoms with Gasteiger partial charge in [-0.15, -0.1) is 0 Å². The van der Waals surface area contributed by atoms with E-state index >= 15 is 0 Å². The number of rotatable bonds is 9. The summed E-state index contributed by atoms with van der Waals surface area (Å²) < 4.78 is 31.5. The van der Waals surface area contributed by atoms with Crippen molar-refractivity contribution in [2.45, 2.75) is 31.3 Å². The molecule has 0 aliphatic rings. The van der Waals surface area contributed by atoms with Gasteiger partial charge in [0, 0.05) is 13.1 Å². The van der Waals surface area contributed by atoms with Gasteiger partial charge >= 0.3 is 6.03 Å². The third-order valence-electron chi connectivity index (χ3n) is 3.75. The van der Waals surface area contributed by atoms with Crippen LogP contribution in [0, 0.1) is 0 Å². The monoisotopic (exact) mass is 391 g/mol. The number of urea groups is 1. The smallest absolute Gasteiger partial charge is 0.315 e. The summed E-state index contributed by atoms with van der Waals surface area (Å²) in [5.74, 6) is 0.777. The Hall–Kier alpha value is -2.58. The van der Waals surface area contributed by atoms with Gasteiger partial charge in [-0.05, 0) is 48.9 Å². The molecule has 8 heteroatoms. The van der Waals surface area contributed by atoms with Gasteiger partial charge < -0.3 is 15.4 Å². The van der Waals surface area contributed by atoms with Crippen LogP contribution in [0.4, 0.5) is 4.79 Å². The second-order valence-electron chi connectivity index (χ2n) is 5.89. The SMILES string of the molecule is CCCOc1cccc(CNC(=O)NCc2cccc(S(=O)(=O)NC)c2)c1. The van der Waals surface area contributed by atoms with Crippen molar-refractivity contribution in [1.82, 2.24) is 15.4 Å². The minimum atomic E-state index is -3.51. The highest BCUT2D eigenvalue weighted by Crippen LogP contribution is 2.13.